The van der Waals surface area contributed by atoms with E-state index in [1.165, 1.54) is 0 Å². The molecule has 0 aliphatic rings. The van der Waals surface area contributed by atoms with Crippen LogP contribution in [-0.2, 0) is 6.54 Å². The first-order chi connectivity index (χ1) is 8.65. The standard InChI is InChI=1S/C13H21NO4/c1-9(8-15)14-7-10-5-11(16-2)13(18-4)12(6-10)17-3/h5-6,9,14-15H,7-8H2,1-4H3/t9-/m1/s1. The van der Waals surface area contributed by atoms with Gasteiger partial charge in [-0.2, -0.15) is 0 Å². The Bertz CT molecular complexity index is 356. The maximum absolute atomic E-state index is 8.96. The smallest absolute Gasteiger partial charge is 0.203 e. The van der Waals surface area contributed by atoms with Gasteiger partial charge in [0.15, 0.2) is 11.5 Å². The average molecular weight is 255 g/mol. The van der Waals surface area contributed by atoms with Crippen LogP contribution in [0.1, 0.15) is 12.5 Å². The van der Waals surface area contributed by atoms with E-state index in [1.54, 1.807) is 21.3 Å². The third kappa shape index (κ3) is 3.51. The first-order valence-electron chi connectivity index (χ1n) is 5.79. The Morgan fingerprint density at radius 2 is 1.67 bits per heavy atom. The molecule has 0 aliphatic heterocycles. The summed E-state index contributed by atoms with van der Waals surface area (Å²) in [6.45, 7) is 2.64. The highest BCUT2D eigenvalue weighted by Gasteiger charge is 2.13. The number of hydrogen-bond acceptors (Lipinski definition) is 5. The van der Waals surface area contributed by atoms with Crippen LogP contribution in [0.4, 0.5) is 0 Å². The van der Waals surface area contributed by atoms with E-state index in [-0.39, 0.29) is 12.6 Å². The fourth-order valence-electron chi connectivity index (χ4n) is 1.59. The molecule has 0 saturated carbocycles. The second-order valence-electron chi connectivity index (χ2n) is 4.00. The van der Waals surface area contributed by atoms with Crippen molar-refractivity contribution in [2.45, 2.75) is 19.5 Å². The molecule has 1 aromatic rings. The number of rotatable bonds is 7. The molecular weight excluding hydrogens is 234 g/mol. The van der Waals surface area contributed by atoms with Gasteiger partial charge in [0, 0.05) is 12.6 Å². The lowest BCUT2D eigenvalue weighted by Crippen LogP contribution is -2.28. The molecule has 0 aliphatic carbocycles. The van der Waals surface area contributed by atoms with Gasteiger partial charge in [0.05, 0.1) is 27.9 Å². The van der Waals surface area contributed by atoms with E-state index in [0.717, 1.165) is 5.56 Å². The van der Waals surface area contributed by atoms with Crippen LogP contribution in [0.3, 0.4) is 0 Å². The molecule has 102 valence electrons. The molecule has 1 aromatic carbocycles. The maximum atomic E-state index is 8.96. The summed E-state index contributed by atoms with van der Waals surface area (Å²) in [5.74, 6) is 1.84. The number of aliphatic hydroxyl groups excluding tert-OH is 1. The monoisotopic (exact) mass is 255 g/mol. The van der Waals surface area contributed by atoms with Crippen molar-refractivity contribution in [2.75, 3.05) is 27.9 Å². The van der Waals surface area contributed by atoms with Gasteiger partial charge in [-0.15, -0.1) is 0 Å². The van der Waals surface area contributed by atoms with Crippen LogP contribution in [0, 0.1) is 0 Å². The van der Waals surface area contributed by atoms with Crippen molar-refractivity contribution >= 4 is 0 Å². The highest BCUT2D eigenvalue weighted by atomic mass is 16.5. The summed E-state index contributed by atoms with van der Waals surface area (Å²) in [5.41, 5.74) is 1.00. The molecule has 1 rings (SSSR count). The van der Waals surface area contributed by atoms with Crippen molar-refractivity contribution in [2.24, 2.45) is 0 Å². The highest BCUT2D eigenvalue weighted by Crippen LogP contribution is 2.38. The Morgan fingerprint density at radius 3 is 2.06 bits per heavy atom. The molecule has 5 heteroatoms. The summed E-state index contributed by atoms with van der Waals surface area (Å²) in [4.78, 5) is 0. The molecule has 0 heterocycles. The van der Waals surface area contributed by atoms with E-state index in [0.29, 0.717) is 23.8 Å². The minimum Gasteiger partial charge on any atom is -0.493 e. The molecule has 18 heavy (non-hydrogen) atoms. The summed E-state index contributed by atoms with van der Waals surface area (Å²) < 4.78 is 15.8. The second-order valence-corrected chi connectivity index (χ2v) is 4.00. The highest BCUT2D eigenvalue weighted by molar-refractivity contribution is 5.53. The normalized spacial score (nSPS) is 12.1. The van der Waals surface area contributed by atoms with Crippen molar-refractivity contribution in [3.05, 3.63) is 17.7 Å². The van der Waals surface area contributed by atoms with Gasteiger partial charge >= 0.3 is 0 Å². The number of aliphatic hydroxyl groups is 1. The summed E-state index contributed by atoms with van der Waals surface area (Å²) >= 11 is 0. The molecule has 0 spiro atoms. The average Bonchev–Trinajstić information content (AvgIpc) is 2.43. The summed E-state index contributed by atoms with van der Waals surface area (Å²) in [6, 6.07) is 3.82. The zero-order valence-corrected chi connectivity index (χ0v) is 11.3. The van der Waals surface area contributed by atoms with Crippen LogP contribution in [0.2, 0.25) is 0 Å². The van der Waals surface area contributed by atoms with Gasteiger partial charge in [-0.05, 0) is 24.6 Å². The minimum absolute atomic E-state index is 0.0455. The minimum atomic E-state index is 0.0455. The van der Waals surface area contributed by atoms with Crippen LogP contribution in [0.25, 0.3) is 0 Å². The quantitative estimate of drug-likeness (QED) is 0.766. The summed E-state index contributed by atoms with van der Waals surface area (Å²) in [5, 5.41) is 12.2. The number of ether oxygens (including phenoxy) is 3. The van der Waals surface area contributed by atoms with Crippen LogP contribution in [-0.4, -0.2) is 39.1 Å². The Labute approximate surface area is 108 Å². The maximum Gasteiger partial charge on any atom is 0.203 e. The zero-order chi connectivity index (χ0) is 13.5. The molecule has 0 amide bonds. The van der Waals surface area contributed by atoms with Crippen LogP contribution < -0.4 is 19.5 Å². The van der Waals surface area contributed by atoms with E-state index in [9.17, 15) is 0 Å². The molecule has 0 radical (unpaired) electrons. The first-order valence-corrected chi connectivity index (χ1v) is 5.79. The van der Waals surface area contributed by atoms with Crippen molar-refractivity contribution in [3.63, 3.8) is 0 Å². The van der Waals surface area contributed by atoms with Gasteiger partial charge in [0.25, 0.3) is 0 Å². The van der Waals surface area contributed by atoms with Crippen molar-refractivity contribution in [3.8, 4) is 17.2 Å². The number of methoxy groups -OCH3 is 3. The Morgan fingerprint density at radius 1 is 1.11 bits per heavy atom. The summed E-state index contributed by atoms with van der Waals surface area (Å²) in [7, 11) is 4.75. The van der Waals surface area contributed by atoms with Gasteiger partial charge in [-0.1, -0.05) is 0 Å². The largest absolute Gasteiger partial charge is 0.493 e. The molecule has 0 bridgehead atoms. The molecule has 0 aromatic heterocycles. The molecule has 5 nitrogen and oxygen atoms in total. The zero-order valence-electron chi connectivity index (χ0n) is 11.3. The fourth-order valence-corrected chi connectivity index (χ4v) is 1.59. The number of nitrogens with one attached hydrogen (secondary N) is 1. The topological polar surface area (TPSA) is 60.0 Å². The third-order valence-corrected chi connectivity index (χ3v) is 2.65. The van der Waals surface area contributed by atoms with Gasteiger partial charge in [-0.3, -0.25) is 0 Å². The molecule has 0 unspecified atom stereocenters. The van der Waals surface area contributed by atoms with Crippen LogP contribution in [0.5, 0.6) is 17.2 Å². The van der Waals surface area contributed by atoms with Gasteiger partial charge in [0.2, 0.25) is 5.75 Å². The predicted molar refractivity (Wildman–Crippen MR) is 69.5 cm³/mol. The molecule has 0 fully saturated rings. The lowest BCUT2D eigenvalue weighted by atomic mass is 10.1. The third-order valence-electron chi connectivity index (χ3n) is 2.65. The Hall–Kier alpha value is -1.46. The van der Waals surface area contributed by atoms with E-state index in [2.05, 4.69) is 5.32 Å². The number of benzene rings is 1. The van der Waals surface area contributed by atoms with E-state index in [4.69, 9.17) is 19.3 Å². The van der Waals surface area contributed by atoms with Gasteiger partial charge in [-0.25, -0.2) is 0 Å². The van der Waals surface area contributed by atoms with E-state index in [1.807, 2.05) is 19.1 Å². The van der Waals surface area contributed by atoms with Gasteiger partial charge in [0.1, 0.15) is 0 Å². The van der Waals surface area contributed by atoms with Crippen LogP contribution in [0.15, 0.2) is 12.1 Å². The lowest BCUT2D eigenvalue weighted by molar-refractivity contribution is 0.251. The second kappa shape index (κ2) is 7.08. The van der Waals surface area contributed by atoms with E-state index >= 15 is 0 Å². The molecule has 0 saturated heterocycles. The number of hydrogen-bond donors (Lipinski definition) is 2. The van der Waals surface area contributed by atoms with Gasteiger partial charge < -0.3 is 24.6 Å². The predicted octanol–water partition coefficient (Wildman–Crippen LogP) is 1.18. The Kier molecular flexibility index (Phi) is 5.74. The SMILES string of the molecule is COc1cc(CN[C@H](C)CO)cc(OC)c1OC. The molecular formula is C13H21NO4. The van der Waals surface area contributed by atoms with Crippen molar-refractivity contribution in [1.82, 2.24) is 5.32 Å². The van der Waals surface area contributed by atoms with E-state index < -0.39 is 0 Å². The molecule has 1 atom stereocenters. The Balaban J connectivity index is 2.93. The fraction of sp³-hybridized carbons (Fsp3) is 0.538. The van der Waals surface area contributed by atoms with Crippen molar-refractivity contribution < 1.29 is 19.3 Å². The summed E-state index contributed by atoms with van der Waals surface area (Å²) in [6.07, 6.45) is 0. The lowest BCUT2D eigenvalue weighted by Gasteiger charge is -2.15. The van der Waals surface area contributed by atoms with Crippen molar-refractivity contribution in [1.29, 1.82) is 0 Å². The first kappa shape index (κ1) is 14.6. The molecule has 2 N–H and O–H groups in total. The van der Waals surface area contributed by atoms with Crippen LogP contribution >= 0.6 is 0 Å².